The molecule has 0 aliphatic heterocycles. The Kier molecular flexibility index (Phi) is 3.26. The summed E-state index contributed by atoms with van der Waals surface area (Å²) < 4.78 is 5.70. The lowest BCUT2D eigenvalue weighted by Crippen LogP contribution is -2.13. The molecule has 0 unspecified atom stereocenters. The number of anilines is 2. The van der Waals surface area contributed by atoms with Crippen molar-refractivity contribution in [3.05, 3.63) is 57.0 Å². The van der Waals surface area contributed by atoms with E-state index in [1.54, 1.807) is 36.4 Å². The standard InChI is InChI=1S/C14H10BrN3O3/c15-7-1-3-9(10(16)5-7)13(19)17-8-2-4-12-11(6-8)18-14(20)21-12/h1-6H,16H2,(H,17,19)(H,18,20). The highest BCUT2D eigenvalue weighted by molar-refractivity contribution is 9.10. The van der Waals surface area contributed by atoms with Gasteiger partial charge in [-0.05, 0) is 36.4 Å². The van der Waals surface area contributed by atoms with Crippen LogP contribution in [0, 0.1) is 0 Å². The molecular formula is C14H10BrN3O3. The van der Waals surface area contributed by atoms with Gasteiger partial charge in [-0.15, -0.1) is 0 Å². The third-order valence-corrected chi connectivity index (χ3v) is 3.43. The molecule has 6 nitrogen and oxygen atoms in total. The van der Waals surface area contributed by atoms with Crippen LogP contribution in [0.2, 0.25) is 0 Å². The highest BCUT2D eigenvalue weighted by Gasteiger charge is 2.11. The Bertz CT molecular complexity index is 898. The molecule has 1 amide bonds. The lowest BCUT2D eigenvalue weighted by Gasteiger charge is -2.07. The number of aromatic amines is 1. The minimum atomic E-state index is -0.536. The van der Waals surface area contributed by atoms with E-state index in [1.165, 1.54) is 0 Å². The maximum absolute atomic E-state index is 12.2. The average molecular weight is 348 g/mol. The summed E-state index contributed by atoms with van der Waals surface area (Å²) in [6.45, 7) is 0. The molecule has 4 N–H and O–H groups in total. The number of carbonyl (C=O) groups excluding carboxylic acids is 1. The van der Waals surface area contributed by atoms with Gasteiger partial charge in [-0.1, -0.05) is 15.9 Å². The zero-order chi connectivity index (χ0) is 15.0. The fourth-order valence-corrected chi connectivity index (χ4v) is 2.35. The van der Waals surface area contributed by atoms with Gasteiger partial charge in [-0.3, -0.25) is 9.78 Å². The van der Waals surface area contributed by atoms with Crippen molar-refractivity contribution < 1.29 is 9.21 Å². The highest BCUT2D eigenvalue weighted by Crippen LogP contribution is 2.21. The maximum Gasteiger partial charge on any atom is 0.417 e. The van der Waals surface area contributed by atoms with Crippen molar-refractivity contribution in [2.75, 3.05) is 11.1 Å². The van der Waals surface area contributed by atoms with Crippen LogP contribution >= 0.6 is 15.9 Å². The van der Waals surface area contributed by atoms with Gasteiger partial charge in [-0.25, -0.2) is 4.79 Å². The molecule has 2 aromatic carbocycles. The molecule has 0 saturated heterocycles. The molecule has 0 atom stereocenters. The monoisotopic (exact) mass is 347 g/mol. The molecular weight excluding hydrogens is 338 g/mol. The van der Waals surface area contributed by atoms with Gasteiger partial charge in [0.25, 0.3) is 5.91 Å². The van der Waals surface area contributed by atoms with Crippen molar-refractivity contribution in [3.8, 4) is 0 Å². The van der Waals surface area contributed by atoms with E-state index in [4.69, 9.17) is 10.2 Å². The molecule has 7 heteroatoms. The van der Waals surface area contributed by atoms with Crippen LogP contribution in [0.4, 0.5) is 11.4 Å². The van der Waals surface area contributed by atoms with E-state index in [-0.39, 0.29) is 5.91 Å². The number of nitrogen functional groups attached to an aromatic ring is 1. The first-order chi connectivity index (χ1) is 10.0. The largest absolute Gasteiger partial charge is 0.417 e. The first-order valence-electron chi connectivity index (χ1n) is 6.02. The summed E-state index contributed by atoms with van der Waals surface area (Å²) in [6.07, 6.45) is 0. The van der Waals surface area contributed by atoms with Gasteiger partial charge in [0.05, 0.1) is 11.1 Å². The third kappa shape index (κ3) is 2.68. The van der Waals surface area contributed by atoms with Crippen molar-refractivity contribution in [1.82, 2.24) is 4.98 Å². The molecule has 3 rings (SSSR count). The Morgan fingerprint density at radius 3 is 2.81 bits per heavy atom. The molecule has 0 fully saturated rings. The summed E-state index contributed by atoms with van der Waals surface area (Å²) >= 11 is 3.29. The number of benzene rings is 2. The molecule has 0 saturated carbocycles. The van der Waals surface area contributed by atoms with Crippen molar-refractivity contribution in [2.24, 2.45) is 0 Å². The van der Waals surface area contributed by atoms with E-state index >= 15 is 0 Å². The molecule has 0 bridgehead atoms. The SMILES string of the molecule is Nc1cc(Br)ccc1C(=O)Nc1ccc2oc(=O)[nH]c2c1. The number of aromatic nitrogens is 1. The minimum Gasteiger partial charge on any atom is -0.408 e. The molecule has 106 valence electrons. The number of halogens is 1. The normalized spacial score (nSPS) is 10.7. The van der Waals surface area contributed by atoms with E-state index in [2.05, 4.69) is 26.2 Å². The van der Waals surface area contributed by atoms with E-state index in [0.717, 1.165) is 4.47 Å². The van der Waals surface area contributed by atoms with Gasteiger partial charge in [0.2, 0.25) is 0 Å². The Morgan fingerprint density at radius 2 is 2.05 bits per heavy atom. The van der Waals surface area contributed by atoms with Crippen LogP contribution in [0.1, 0.15) is 10.4 Å². The Morgan fingerprint density at radius 1 is 1.24 bits per heavy atom. The van der Waals surface area contributed by atoms with Gasteiger partial charge < -0.3 is 15.5 Å². The van der Waals surface area contributed by atoms with Gasteiger partial charge in [-0.2, -0.15) is 0 Å². The van der Waals surface area contributed by atoms with Crippen LogP contribution < -0.4 is 16.8 Å². The fourth-order valence-electron chi connectivity index (χ4n) is 1.97. The fraction of sp³-hybridized carbons (Fsp3) is 0. The van der Waals surface area contributed by atoms with Crippen molar-refractivity contribution in [2.45, 2.75) is 0 Å². The lowest BCUT2D eigenvalue weighted by molar-refractivity contribution is 0.102. The van der Waals surface area contributed by atoms with Crippen LogP contribution in [0.15, 0.2) is 50.1 Å². The zero-order valence-corrected chi connectivity index (χ0v) is 12.2. The summed E-state index contributed by atoms with van der Waals surface area (Å²) in [4.78, 5) is 25.8. The Balaban J connectivity index is 1.90. The number of nitrogens with two attached hydrogens (primary N) is 1. The average Bonchev–Trinajstić information content (AvgIpc) is 2.77. The first kappa shape index (κ1) is 13.4. The molecule has 0 spiro atoms. The number of rotatable bonds is 2. The summed E-state index contributed by atoms with van der Waals surface area (Å²) in [5.41, 5.74) is 8.05. The predicted molar refractivity (Wildman–Crippen MR) is 83.3 cm³/mol. The molecule has 0 radical (unpaired) electrons. The van der Waals surface area contributed by atoms with Crippen LogP contribution in [0.5, 0.6) is 0 Å². The number of hydrogen-bond acceptors (Lipinski definition) is 4. The third-order valence-electron chi connectivity index (χ3n) is 2.94. The zero-order valence-electron chi connectivity index (χ0n) is 10.6. The van der Waals surface area contributed by atoms with E-state index in [0.29, 0.717) is 28.0 Å². The minimum absolute atomic E-state index is 0.329. The maximum atomic E-state index is 12.2. The number of hydrogen-bond donors (Lipinski definition) is 3. The summed E-state index contributed by atoms with van der Waals surface area (Å²) in [5, 5.41) is 2.72. The quantitative estimate of drug-likeness (QED) is 0.620. The van der Waals surface area contributed by atoms with Gasteiger partial charge in [0.15, 0.2) is 5.58 Å². The summed E-state index contributed by atoms with van der Waals surface area (Å²) in [5.74, 6) is -0.865. The number of fused-ring (bicyclic) bond motifs is 1. The predicted octanol–water partition coefficient (Wildman–Crippen LogP) is 2.72. The molecule has 21 heavy (non-hydrogen) atoms. The van der Waals surface area contributed by atoms with Crippen LogP contribution in [-0.4, -0.2) is 10.9 Å². The number of oxazole rings is 1. The smallest absolute Gasteiger partial charge is 0.408 e. The second-order valence-electron chi connectivity index (χ2n) is 4.41. The van der Waals surface area contributed by atoms with Gasteiger partial charge in [0.1, 0.15) is 0 Å². The Hall–Kier alpha value is -2.54. The molecule has 3 aromatic rings. The topological polar surface area (TPSA) is 101 Å². The summed E-state index contributed by atoms with van der Waals surface area (Å²) in [6, 6.07) is 9.90. The first-order valence-corrected chi connectivity index (χ1v) is 6.81. The number of nitrogens with one attached hydrogen (secondary N) is 2. The van der Waals surface area contributed by atoms with Crippen LogP contribution in [0.25, 0.3) is 11.1 Å². The highest BCUT2D eigenvalue weighted by atomic mass is 79.9. The number of carbonyl (C=O) groups is 1. The summed E-state index contributed by atoms with van der Waals surface area (Å²) in [7, 11) is 0. The number of amides is 1. The van der Waals surface area contributed by atoms with E-state index < -0.39 is 5.76 Å². The van der Waals surface area contributed by atoms with Crippen LogP contribution in [0.3, 0.4) is 0 Å². The van der Waals surface area contributed by atoms with Crippen molar-refractivity contribution in [3.63, 3.8) is 0 Å². The van der Waals surface area contributed by atoms with Crippen molar-refractivity contribution in [1.29, 1.82) is 0 Å². The van der Waals surface area contributed by atoms with Gasteiger partial charge >= 0.3 is 5.76 Å². The molecule has 1 heterocycles. The molecule has 0 aliphatic carbocycles. The molecule has 1 aromatic heterocycles. The lowest BCUT2D eigenvalue weighted by atomic mass is 10.1. The second-order valence-corrected chi connectivity index (χ2v) is 5.33. The molecule has 0 aliphatic rings. The van der Waals surface area contributed by atoms with E-state index in [9.17, 15) is 9.59 Å². The van der Waals surface area contributed by atoms with Crippen LogP contribution in [-0.2, 0) is 0 Å². The van der Waals surface area contributed by atoms with Crippen molar-refractivity contribution >= 4 is 44.3 Å². The number of H-pyrrole nitrogens is 1. The second kappa shape index (κ2) is 5.10. The van der Waals surface area contributed by atoms with E-state index in [1.807, 2.05) is 0 Å². The van der Waals surface area contributed by atoms with Gasteiger partial charge in [0, 0.05) is 15.8 Å². The Labute approximate surface area is 127 Å².